The highest BCUT2D eigenvalue weighted by Crippen LogP contribution is 2.05. The fourth-order valence-corrected chi connectivity index (χ4v) is 0.811. The van der Waals surface area contributed by atoms with Gasteiger partial charge in [0.1, 0.15) is 11.3 Å². The minimum Gasteiger partial charge on any atom is -0.395 e. The summed E-state index contributed by atoms with van der Waals surface area (Å²) >= 11 is 3.21. The smallest absolute Gasteiger partial charge is 0.127 e. The zero-order valence-corrected chi connectivity index (χ0v) is 6.72. The van der Waals surface area contributed by atoms with Crippen LogP contribution in [0.25, 0.3) is 0 Å². The summed E-state index contributed by atoms with van der Waals surface area (Å²) in [5, 5.41) is 0. The first-order chi connectivity index (χ1) is 4.20. The average Bonchev–Trinajstić information content (AvgIpc) is 1.80. The fourth-order valence-electron chi connectivity index (χ4n) is 0.596. The van der Waals surface area contributed by atoms with Crippen molar-refractivity contribution < 1.29 is 0 Å². The van der Waals surface area contributed by atoms with Crippen molar-refractivity contribution in [1.29, 1.82) is 0 Å². The standard InChI is InChI=1S/C5H8BrN3/c1-9-2-4(7)5(6)8-3-9/h2H,3,7H2,1H3. The van der Waals surface area contributed by atoms with E-state index in [1.807, 2.05) is 18.1 Å². The number of aliphatic imine (C=N–C) groups is 1. The van der Waals surface area contributed by atoms with Gasteiger partial charge in [-0.05, 0) is 15.9 Å². The Hall–Kier alpha value is -0.510. The molecule has 0 unspecified atom stereocenters. The van der Waals surface area contributed by atoms with Gasteiger partial charge in [0, 0.05) is 13.2 Å². The Morgan fingerprint density at radius 1 is 1.89 bits per heavy atom. The highest BCUT2D eigenvalue weighted by Gasteiger charge is 2.04. The minimum absolute atomic E-state index is 0.682. The fraction of sp³-hybridized carbons (Fsp3) is 0.400. The molecule has 0 radical (unpaired) electrons. The maximum absolute atomic E-state index is 5.51. The normalized spacial score (nSPS) is 19.1. The predicted octanol–water partition coefficient (Wildman–Crippen LogP) is 0.483. The molecule has 9 heavy (non-hydrogen) atoms. The third-order valence-corrected chi connectivity index (χ3v) is 1.74. The van der Waals surface area contributed by atoms with E-state index < -0.39 is 0 Å². The third-order valence-electron chi connectivity index (χ3n) is 1.03. The van der Waals surface area contributed by atoms with Gasteiger partial charge in [-0.1, -0.05) is 0 Å². The van der Waals surface area contributed by atoms with Gasteiger partial charge in [0.2, 0.25) is 0 Å². The van der Waals surface area contributed by atoms with E-state index in [0.29, 0.717) is 12.4 Å². The van der Waals surface area contributed by atoms with Crippen LogP contribution in [-0.4, -0.2) is 23.2 Å². The van der Waals surface area contributed by atoms with Crippen LogP contribution < -0.4 is 5.73 Å². The van der Waals surface area contributed by atoms with Gasteiger partial charge in [-0.2, -0.15) is 0 Å². The zero-order chi connectivity index (χ0) is 6.85. The summed E-state index contributed by atoms with van der Waals surface area (Å²) in [6.07, 6.45) is 1.84. The molecular weight excluding hydrogens is 182 g/mol. The van der Waals surface area contributed by atoms with E-state index in [1.54, 1.807) is 0 Å². The average molecular weight is 190 g/mol. The van der Waals surface area contributed by atoms with Crippen molar-refractivity contribution in [1.82, 2.24) is 4.90 Å². The lowest BCUT2D eigenvalue weighted by Gasteiger charge is -2.16. The summed E-state index contributed by atoms with van der Waals surface area (Å²) in [7, 11) is 1.93. The van der Waals surface area contributed by atoms with Gasteiger partial charge >= 0.3 is 0 Å². The van der Waals surface area contributed by atoms with Gasteiger partial charge in [-0.3, -0.25) is 4.99 Å². The van der Waals surface area contributed by atoms with Gasteiger partial charge in [0.25, 0.3) is 0 Å². The number of halogens is 1. The van der Waals surface area contributed by atoms with Crippen LogP contribution in [0.1, 0.15) is 0 Å². The number of nitrogens with zero attached hydrogens (tertiary/aromatic N) is 2. The first-order valence-corrected chi connectivity index (χ1v) is 3.37. The Balaban J connectivity index is 2.75. The maximum atomic E-state index is 5.51. The molecule has 0 aromatic carbocycles. The molecule has 0 amide bonds. The van der Waals surface area contributed by atoms with Crippen molar-refractivity contribution in [3.63, 3.8) is 0 Å². The number of hydrogen-bond acceptors (Lipinski definition) is 3. The Morgan fingerprint density at radius 2 is 2.56 bits per heavy atom. The molecule has 0 aromatic heterocycles. The lowest BCUT2D eigenvalue weighted by Crippen LogP contribution is -2.21. The summed E-state index contributed by atoms with van der Waals surface area (Å²) in [4.78, 5) is 5.97. The largest absolute Gasteiger partial charge is 0.395 e. The van der Waals surface area contributed by atoms with Crippen molar-refractivity contribution in [2.75, 3.05) is 13.7 Å². The number of nitrogens with two attached hydrogens (primary N) is 1. The predicted molar refractivity (Wildman–Crippen MR) is 41.3 cm³/mol. The van der Waals surface area contributed by atoms with Gasteiger partial charge in [-0.15, -0.1) is 0 Å². The SMILES string of the molecule is CN1C=C(N)C(Br)=NC1. The van der Waals surface area contributed by atoms with Crippen molar-refractivity contribution in [3.8, 4) is 0 Å². The van der Waals surface area contributed by atoms with Gasteiger partial charge in [0.15, 0.2) is 0 Å². The van der Waals surface area contributed by atoms with Crippen LogP contribution in [0, 0.1) is 0 Å². The highest BCUT2D eigenvalue weighted by molar-refractivity contribution is 9.18. The third kappa shape index (κ3) is 1.45. The Morgan fingerprint density at radius 3 is 3.00 bits per heavy atom. The van der Waals surface area contributed by atoms with Crippen LogP contribution in [0.15, 0.2) is 16.9 Å². The van der Waals surface area contributed by atoms with Crippen LogP contribution in [0.4, 0.5) is 0 Å². The molecule has 50 valence electrons. The zero-order valence-electron chi connectivity index (χ0n) is 5.13. The molecule has 0 aliphatic carbocycles. The molecule has 1 aliphatic rings. The molecule has 0 saturated carbocycles. The van der Waals surface area contributed by atoms with Crippen molar-refractivity contribution in [3.05, 3.63) is 11.9 Å². The number of allylic oxidation sites excluding steroid dienone is 1. The minimum atomic E-state index is 0.682. The molecular formula is C5H8BrN3. The van der Waals surface area contributed by atoms with E-state index in [1.165, 1.54) is 0 Å². The van der Waals surface area contributed by atoms with E-state index in [2.05, 4.69) is 20.9 Å². The van der Waals surface area contributed by atoms with Crippen molar-refractivity contribution in [2.45, 2.75) is 0 Å². The first-order valence-electron chi connectivity index (χ1n) is 2.58. The quantitative estimate of drug-likeness (QED) is 0.603. The lowest BCUT2D eigenvalue weighted by atomic mass is 10.5. The van der Waals surface area contributed by atoms with E-state index in [-0.39, 0.29) is 0 Å². The molecule has 4 heteroatoms. The van der Waals surface area contributed by atoms with E-state index in [0.717, 1.165) is 4.62 Å². The summed E-state index contributed by atoms with van der Waals surface area (Å²) in [5.74, 6) is 0. The van der Waals surface area contributed by atoms with Crippen LogP contribution in [0.5, 0.6) is 0 Å². The Bertz CT molecular complexity index is 173. The first kappa shape index (κ1) is 6.61. The van der Waals surface area contributed by atoms with Crippen LogP contribution in [0.2, 0.25) is 0 Å². The summed E-state index contributed by atoms with van der Waals surface area (Å²) < 4.78 is 0.751. The van der Waals surface area contributed by atoms with Crippen LogP contribution in [-0.2, 0) is 0 Å². The summed E-state index contributed by atoms with van der Waals surface area (Å²) in [5.41, 5.74) is 6.19. The maximum Gasteiger partial charge on any atom is 0.127 e. The molecule has 2 N–H and O–H groups in total. The highest BCUT2D eigenvalue weighted by atomic mass is 79.9. The molecule has 0 fully saturated rings. The monoisotopic (exact) mass is 189 g/mol. The summed E-state index contributed by atoms with van der Waals surface area (Å²) in [6.45, 7) is 0.682. The van der Waals surface area contributed by atoms with Crippen LogP contribution in [0.3, 0.4) is 0 Å². The number of rotatable bonds is 0. The molecule has 3 nitrogen and oxygen atoms in total. The second-order valence-corrected chi connectivity index (χ2v) is 2.68. The molecule has 0 aromatic rings. The molecule has 0 saturated heterocycles. The van der Waals surface area contributed by atoms with E-state index in [4.69, 9.17) is 5.73 Å². The lowest BCUT2D eigenvalue weighted by molar-refractivity contribution is 0.465. The van der Waals surface area contributed by atoms with Gasteiger partial charge < -0.3 is 10.6 Å². The molecule has 0 spiro atoms. The van der Waals surface area contributed by atoms with E-state index >= 15 is 0 Å². The van der Waals surface area contributed by atoms with Gasteiger partial charge in [0.05, 0.1) is 5.70 Å². The van der Waals surface area contributed by atoms with Crippen molar-refractivity contribution in [2.24, 2.45) is 10.7 Å². The second kappa shape index (κ2) is 2.39. The Kier molecular flexibility index (Phi) is 1.75. The van der Waals surface area contributed by atoms with Gasteiger partial charge in [-0.25, -0.2) is 0 Å². The molecule has 1 rings (SSSR count). The second-order valence-electron chi connectivity index (χ2n) is 1.93. The van der Waals surface area contributed by atoms with Crippen LogP contribution >= 0.6 is 15.9 Å². The van der Waals surface area contributed by atoms with E-state index in [9.17, 15) is 0 Å². The van der Waals surface area contributed by atoms with Crippen molar-refractivity contribution >= 4 is 20.6 Å². The number of hydrogen-bond donors (Lipinski definition) is 1. The topological polar surface area (TPSA) is 41.6 Å². The Labute approximate surface area is 62.4 Å². The summed E-state index contributed by atoms with van der Waals surface area (Å²) in [6, 6.07) is 0. The molecule has 0 bridgehead atoms. The molecule has 1 aliphatic heterocycles. The molecule has 0 atom stereocenters. The molecule has 1 heterocycles.